The van der Waals surface area contributed by atoms with Crippen molar-refractivity contribution in [3.63, 3.8) is 0 Å². The number of ketones is 1. The number of nitrogens with one attached hydrogen (secondary N) is 1. The van der Waals surface area contributed by atoms with Crippen molar-refractivity contribution in [3.8, 4) is 0 Å². The van der Waals surface area contributed by atoms with Crippen LogP contribution >= 0.6 is 23.4 Å². The van der Waals surface area contributed by atoms with Crippen molar-refractivity contribution in [2.45, 2.75) is 5.25 Å². The van der Waals surface area contributed by atoms with Crippen molar-refractivity contribution in [2.24, 2.45) is 0 Å². The standard InChI is InChI=1S/C17H14ClNOS/c1-19-17-14(12-8-5-9-13(18)10-12)15(20)16(21-17)11-6-3-2-4-7-11/h2-10,16,19H,1H3. The molecular formula is C17H14ClNOS. The van der Waals surface area contributed by atoms with E-state index in [0.717, 1.165) is 21.7 Å². The Hall–Kier alpha value is -1.71. The zero-order chi connectivity index (χ0) is 14.8. The van der Waals surface area contributed by atoms with E-state index in [9.17, 15) is 4.79 Å². The molecule has 21 heavy (non-hydrogen) atoms. The Kier molecular flexibility index (Phi) is 4.04. The average molecular weight is 316 g/mol. The second-order valence-electron chi connectivity index (χ2n) is 4.74. The molecule has 0 aliphatic carbocycles. The van der Waals surface area contributed by atoms with Gasteiger partial charge in [0.2, 0.25) is 0 Å². The maximum absolute atomic E-state index is 12.8. The van der Waals surface area contributed by atoms with Crippen molar-refractivity contribution in [2.75, 3.05) is 7.05 Å². The lowest BCUT2D eigenvalue weighted by atomic mass is 9.97. The fourth-order valence-electron chi connectivity index (χ4n) is 2.42. The molecule has 0 amide bonds. The summed E-state index contributed by atoms with van der Waals surface area (Å²) in [6.07, 6.45) is 0. The summed E-state index contributed by atoms with van der Waals surface area (Å²) in [6, 6.07) is 17.3. The highest BCUT2D eigenvalue weighted by molar-refractivity contribution is 8.04. The van der Waals surface area contributed by atoms with E-state index >= 15 is 0 Å². The summed E-state index contributed by atoms with van der Waals surface area (Å²) in [4.78, 5) is 12.8. The summed E-state index contributed by atoms with van der Waals surface area (Å²) in [6.45, 7) is 0. The zero-order valence-corrected chi connectivity index (χ0v) is 13.0. The van der Waals surface area contributed by atoms with Gasteiger partial charge >= 0.3 is 0 Å². The largest absolute Gasteiger partial charge is 0.382 e. The van der Waals surface area contributed by atoms with Crippen molar-refractivity contribution >= 4 is 34.7 Å². The molecular weight excluding hydrogens is 302 g/mol. The quantitative estimate of drug-likeness (QED) is 0.916. The molecule has 106 valence electrons. The van der Waals surface area contributed by atoms with Crippen LogP contribution in [0.3, 0.4) is 0 Å². The summed E-state index contributed by atoms with van der Waals surface area (Å²) in [5.74, 6) is 0.123. The number of halogens is 1. The van der Waals surface area contributed by atoms with E-state index in [0.29, 0.717) is 5.02 Å². The number of rotatable bonds is 3. The minimum absolute atomic E-state index is 0.123. The van der Waals surface area contributed by atoms with E-state index in [4.69, 9.17) is 11.6 Å². The number of allylic oxidation sites excluding steroid dienone is 1. The SMILES string of the molecule is CNC1=C(c2cccc(Cl)c2)C(=O)C(c2ccccc2)S1. The molecule has 2 nitrogen and oxygen atoms in total. The van der Waals surface area contributed by atoms with E-state index in [1.54, 1.807) is 11.8 Å². The molecule has 1 aliphatic heterocycles. The van der Waals surface area contributed by atoms with Crippen LogP contribution in [0.5, 0.6) is 0 Å². The van der Waals surface area contributed by atoms with Gasteiger partial charge in [0.25, 0.3) is 0 Å². The van der Waals surface area contributed by atoms with Crippen LogP contribution in [0.15, 0.2) is 59.6 Å². The number of carbonyl (C=O) groups is 1. The molecule has 1 heterocycles. The fraction of sp³-hybridized carbons (Fsp3) is 0.118. The molecule has 0 radical (unpaired) electrons. The molecule has 1 atom stereocenters. The Bertz CT molecular complexity index is 712. The zero-order valence-electron chi connectivity index (χ0n) is 11.5. The van der Waals surface area contributed by atoms with Gasteiger partial charge in [-0.3, -0.25) is 4.79 Å². The van der Waals surface area contributed by atoms with E-state index in [-0.39, 0.29) is 11.0 Å². The Labute approximate surface area is 133 Å². The minimum atomic E-state index is -0.192. The highest BCUT2D eigenvalue weighted by Gasteiger charge is 2.35. The fourth-order valence-corrected chi connectivity index (χ4v) is 3.82. The third kappa shape index (κ3) is 2.71. The molecule has 1 N–H and O–H groups in total. The molecule has 1 unspecified atom stereocenters. The Morgan fingerprint density at radius 1 is 1.10 bits per heavy atom. The van der Waals surface area contributed by atoms with Crippen LogP contribution in [0.25, 0.3) is 5.57 Å². The van der Waals surface area contributed by atoms with Crippen LogP contribution in [-0.4, -0.2) is 12.8 Å². The van der Waals surface area contributed by atoms with Crippen molar-refractivity contribution in [1.29, 1.82) is 0 Å². The first-order valence-corrected chi connectivity index (χ1v) is 7.90. The van der Waals surface area contributed by atoms with Crippen molar-refractivity contribution in [1.82, 2.24) is 5.32 Å². The van der Waals surface area contributed by atoms with Gasteiger partial charge in [-0.1, -0.05) is 65.8 Å². The summed E-state index contributed by atoms with van der Waals surface area (Å²) < 4.78 is 0. The number of Topliss-reactive ketones (excluding diaryl/α,β-unsaturated/α-hetero) is 1. The third-order valence-electron chi connectivity index (χ3n) is 3.39. The second-order valence-corrected chi connectivity index (χ2v) is 6.29. The predicted octanol–water partition coefficient (Wildman–Crippen LogP) is 4.29. The van der Waals surface area contributed by atoms with Crippen LogP contribution in [0, 0.1) is 0 Å². The molecule has 0 spiro atoms. The predicted molar refractivity (Wildman–Crippen MR) is 89.2 cm³/mol. The molecule has 0 saturated heterocycles. The van der Waals surface area contributed by atoms with Crippen LogP contribution in [0.1, 0.15) is 16.4 Å². The van der Waals surface area contributed by atoms with Gasteiger partial charge in [0.05, 0.1) is 15.9 Å². The summed E-state index contributed by atoms with van der Waals surface area (Å²) >= 11 is 7.61. The minimum Gasteiger partial charge on any atom is -0.382 e. The topological polar surface area (TPSA) is 29.1 Å². The lowest BCUT2D eigenvalue weighted by Crippen LogP contribution is -2.07. The molecule has 0 fully saturated rings. The average Bonchev–Trinajstić information content (AvgIpc) is 2.85. The summed E-state index contributed by atoms with van der Waals surface area (Å²) in [5, 5.41) is 4.48. The van der Waals surface area contributed by atoms with Crippen LogP contribution in [-0.2, 0) is 4.79 Å². The highest BCUT2D eigenvalue weighted by Crippen LogP contribution is 2.47. The highest BCUT2D eigenvalue weighted by atomic mass is 35.5. The Morgan fingerprint density at radius 3 is 2.52 bits per heavy atom. The first-order chi connectivity index (χ1) is 10.2. The number of hydrogen-bond donors (Lipinski definition) is 1. The van der Waals surface area contributed by atoms with Gasteiger partial charge in [0.15, 0.2) is 5.78 Å². The number of thioether (sulfide) groups is 1. The van der Waals surface area contributed by atoms with Gasteiger partial charge in [-0.15, -0.1) is 0 Å². The smallest absolute Gasteiger partial charge is 0.183 e. The van der Waals surface area contributed by atoms with Crippen molar-refractivity contribution in [3.05, 3.63) is 75.8 Å². The maximum atomic E-state index is 12.8. The number of carbonyl (C=O) groups excluding carboxylic acids is 1. The van der Waals surface area contributed by atoms with Gasteiger partial charge < -0.3 is 5.32 Å². The molecule has 1 aliphatic rings. The molecule has 0 saturated carbocycles. The van der Waals surface area contributed by atoms with Gasteiger partial charge in [-0.2, -0.15) is 0 Å². The van der Waals surface area contributed by atoms with Crippen LogP contribution < -0.4 is 5.32 Å². The number of hydrogen-bond acceptors (Lipinski definition) is 3. The molecule has 3 rings (SSSR count). The molecule has 0 aromatic heterocycles. The Morgan fingerprint density at radius 2 is 1.86 bits per heavy atom. The van der Waals surface area contributed by atoms with Crippen LogP contribution in [0.4, 0.5) is 0 Å². The second kappa shape index (κ2) is 5.96. The lowest BCUT2D eigenvalue weighted by Gasteiger charge is -2.08. The van der Waals surface area contributed by atoms with E-state index in [2.05, 4.69) is 5.32 Å². The summed E-state index contributed by atoms with van der Waals surface area (Å²) in [5.41, 5.74) is 2.61. The van der Waals surface area contributed by atoms with E-state index in [1.165, 1.54) is 0 Å². The molecule has 2 aromatic carbocycles. The number of benzene rings is 2. The first-order valence-electron chi connectivity index (χ1n) is 6.64. The van der Waals surface area contributed by atoms with Gasteiger partial charge in [0, 0.05) is 12.1 Å². The van der Waals surface area contributed by atoms with Crippen LogP contribution in [0.2, 0.25) is 5.02 Å². The molecule has 2 aromatic rings. The van der Waals surface area contributed by atoms with E-state index < -0.39 is 0 Å². The van der Waals surface area contributed by atoms with E-state index in [1.807, 2.05) is 61.6 Å². The van der Waals surface area contributed by atoms with Crippen molar-refractivity contribution < 1.29 is 4.79 Å². The molecule has 0 bridgehead atoms. The Balaban J connectivity index is 2.01. The monoisotopic (exact) mass is 315 g/mol. The molecule has 4 heteroatoms. The normalized spacial score (nSPS) is 18.2. The van der Waals surface area contributed by atoms with Gasteiger partial charge in [-0.05, 0) is 23.3 Å². The lowest BCUT2D eigenvalue weighted by molar-refractivity contribution is -0.113. The maximum Gasteiger partial charge on any atom is 0.183 e. The van der Waals surface area contributed by atoms with Gasteiger partial charge in [0.1, 0.15) is 0 Å². The first kappa shape index (κ1) is 14.2. The third-order valence-corrected chi connectivity index (χ3v) is 4.99. The summed E-state index contributed by atoms with van der Waals surface area (Å²) in [7, 11) is 1.84. The van der Waals surface area contributed by atoms with Gasteiger partial charge in [-0.25, -0.2) is 0 Å².